The van der Waals surface area contributed by atoms with E-state index in [0.717, 1.165) is 12.0 Å². The lowest BCUT2D eigenvalue weighted by atomic mass is 10.0. The van der Waals surface area contributed by atoms with Gasteiger partial charge in [-0.1, -0.05) is 48.6 Å². The van der Waals surface area contributed by atoms with Crippen LogP contribution in [0.2, 0.25) is 0 Å². The van der Waals surface area contributed by atoms with Crippen molar-refractivity contribution < 1.29 is 0 Å². The van der Waals surface area contributed by atoms with E-state index in [2.05, 4.69) is 37.4 Å². The van der Waals surface area contributed by atoms with Crippen LogP contribution in [-0.4, -0.2) is 0 Å². The van der Waals surface area contributed by atoms with Crippen molar-refractivity contribution in [3.8, 4) is 0 Å². The summed E-state index contributed by atoms with van der Waals surface area (Å²) >= 11 is 0. The monoisotopic (exact) mass is 172 g/mol. The summed E-state index contributed by atoms with van der Waals surface area (Å²) in [6.45, 7) is 11.9. The predicted octanol–water partition coefficient (Wildman–Crippen LogP) is 3.84. The van der Waals surface area contributed by atoms with Gasteiger partial charge in [-0.3, -0.25) is 0 Å². The Bertz CT molecular complexity index is 314. The molecule has 0 heteroatoms. The Morgan fingerprint density at radius 3 is 2.00 bits per heavy atom. The van der Waals surface area contributed by atoms with Gasteiger partial charge in [0.25, 0.3) is 0 Å². The minimum Gasteiger partial charge on any atom is -0.0998 e. The second kappa shape index (κ2) is 4.08. The molecule has 0 nitrogen and oxygen atoms in total. The lowest BCUT2D eigenvalue weighted by Gasteiger charge is -2.03. The van der Waals surface area contributed by atoms with Crippen LogP contribution in [0.5, 0.6) is 0 Å². The zero-order chi connectivity index (χ0) is 9.84. The standard InChI is InChI=1S/C13H16/c1-10(2)9-12-5-7-13(8-6-12)11(3)4/h5-8H,1,3,9H2,2,4H3. The Labute approximate surface area is 80.6 Å². The van der Waals surface area contributed by atoms with Crippen molar-refractivity contribution in [2.75, 3.05) is 0 Å². The summed E-state index contributed by atoms with van der Waals surface area (Å²) in [6.07, 6.45) is 0.969. The highest BCUT2D eigenvalue weighted by atomic mass is 14.0. The van der Waals surface area contributed by atoms with E-state index in [4.69, 9.17) is 0 Å². The molecule has 0 N–H and O–H groups in total. The SMILES string of the molecule is C=C(C)Cc1ccc(C(=C)C)cc1. The van der Waals surface area contributed by atoms with Gasteiger partial charge >= 0.3 is 0 Å². The second-order valence-electron chi connectivity index (χ2n) is 3.61. The first kappa shape index (κ1) is 9.79. The Morgan fingerprint density at radius 1 is 1.08 bits per heavy atom. The summed E-state index contributed by atoms with van der Waals surface area (Å²) in [5.41, 5.74) is 4.84. The molecular formula is C13H16. The molecule has 0 aromatic heterocycles. The average Bonchev–Trinajstić information content (AvgIpc) is 2.04. The molecular weight excluding hydrogens is 156 g/mol. The van der Waals surface area contributed by atoms with Gasteiger partial charge in [0.15, 0.2) is 0 Å². The van der Waals surface area contributed by atoms with Crippen LogP contribution < -0.4 is 0 Å². The first-order chi connectivity index (χ1) is 6.09. The van der Waals surface area contributed by atoms with E-state index < -0.39 is 0 Å². The predicted molar refractivity (Wildman–Crippen MR) is 59.7 cm³/mol. The minimum absolute atomic E-state index is 0.969. The molecule has 13 heavy (non-hydrogen) atoms. The Morgan fingerprint density at radius 2 is 1.62 bits per heavy atom. The third-order valence-electron chi connectivity index (χ3n) is 1.95. The summed E-state index contributed by atoms with van der Waals surface area (Å²) < 4.78 is 0. The molecule has 1 aromatic carbocycles. The topological polar surface area (TPSA) is 0 Å². The van der Waals surface area contributed by atoms with Gasteiger partial charge in [-0.25, -0.2) is 0 Å². The van der Waals surface area contributed by atoms with Crippen LogP contribution in [0, 0.1) is 0 Å². The summed E-state index contributed by atoms with van der Waals surface area (Å²) in [6, 6.07) is 8.50. The molecule has 1 aromatic rings. The van der Waals surface area contributed by atoms with Crippen molar-refractivity contribution in [3.63, 3.8) is 0 Å². The second-order valence-corrected chi connectivity index (χ2v) is 3.61. The average molecular weight is 172 g/mol. The zero-order valence-corrected chi connectivity index (χ0v) is 8.43. The van der Waals surface area contributed by atoms with Crippen LogP contribution in [0.3, 0.4) is 0 Å². The Kier molecular flexibility index (Phi) is 3.07. The Hall–Kier alpha value is -1.30. The number of hydrogen-bond acceptors (Lipinski definition) is 0. The molecule has 0 saturated heterocycles. The summed E-state index contributed by atoms with van der Waals surface area (Å²) in [5, 5.41) is 0. The van der Waals surface area contributed by atoms with E-state index in [-0.39, 0.29) is 0 Å². The molecule has 0 amide bonds. The summed E-state index contributed by atoms with van der Waals surface area (Å²) in [5.74, 6) is 0. The molecule has 0 aliphatic carbocycles. The highest BCUT2D eigenvalue weighted by Gasteiger charge is 1.95. The van der Waals surface area contributed by atoms with Crippen LogP contribution >= 0.6 is 0 Å². The maximum Gasteiger partial charge on any atom is -0.00726 e. The van der Waals surface area contributed by atoms with Gasteiger partial charge in [-0.2, -0.15) is 0 Å². The molecule has 0 aliphatic rings. The molecule has 0 heterocycles. The van der Waals surface area contributed by atoms with Crippen molar-refractivity contribution in [1.82, 2.24) is 0 Å². The van der Waals surface area contributed by atoms with E-state index >= 15 is 0 Å². The van der Waals surface area contributed by atoms with E-state index in [1.54, 1.807) is 0 Å². The Balaban J connectivity index is 2.81. The normalized spacial score (nSPS) is 9.69. The molecule has 0 radical (unpaired) electrons. The van der Waals surface area contributed by atoms with Gasteiger partial charge < -0.3 is 0 Å². The molecule has 68 valence electrons. The quantitative estimate of drug-likeness (QED) is 0.608. The van der Waals surface area contributed by atoms with Crippen LogP contribution in [0.1, 0.15) is 25.0 Å². The maximum absolute atomic E-state index is 3.90. The fraction of sp³-hybridized carbons (Fsp3) is 0.231. The number of hydrogen-bond donors (Lipinski definition) is 0. The molecule has 0 bridgehead atoms. The van der Waals surface area contributed by atoms with Crippen molar-refractivity contribution >= 4 is 5.57 Å². The van der Waals surface area contributed by atoms with Crippen LogP contribution in [0.4, 0.5) is 0 Å². The van der Waals surface area contributed by atoms with E-state index in [1.165, 1.54) is 16.7 Å². The molecule has 0 atom stereocenters. The third-order valence-corrected chi connectivity index (χ3v) is 1.95. The van der Waals surface area contributed by atoms with Crippen LogP contribution in [0.25, 0.3) is 5.57 Å². The van der Waals surface area contributed by atoms with Gasteiger partial charge in [0.1, 0.15) is 0 Å². The third kappa shape index (κ3) is 2.90. The van der Waals surface area contributed by atoms with Gasteiger partial charge in [-0.05, 0) is 31.4 Å². The van der Waals surface area contributed by atoms with Crippen molar-refractivity contribution in [2.45, 2.75) is 20.3 Å². The van der Waals surface area contributed by atoms with E-state index in [1.807, 2.05) is 13.8 Å². The molecule has 0 saturated carbocycles. The fourth-order valence-electron chi connectivity index (χ4n) is 1.26. The lowest BCUT2D eigenvalue weighted by molar-refractivity contribution is 1.15. The maximum atomic E-state index is 3.90. The summed E-state index contributed by atoms with van der Waals surface area (Å²) in [7, 11) is 0. The van der Waals surface area contributed by atoms with Gasteiger partial charge in [0.05, 0.1) is 0 Å². The number of benzene rings is 1. The first-order valence-corrected chi connectivity index (χ1v) is 4.49. The largest absolute Gasteiger partial charge is 0.0998 e. The summed E-state index contributed by atoms with van der Waals surface area (Å²) in [4.78, 5) is 0. The number of rotatable bonds is 3. The van der Waals surface area contributed by atoms with Gasteiger partial charge in [0.2, 0.25) is 0 Å². The van der Waals surface area contributed by atoms with Gasteiger partial charge in [0, 0.05) is 0 Å². The molecule has 0 unspecified atom stereocenters. The van der Waals surface area contributed by atoms with E-state index in [0.29, 0.717) is 0 Å². The van der Waals surface area contributed by atoms with Crippen molar-refractivity contribution in [1.29, 1.82) is 0 Å². The molecule has 0 fully saturated rings. The molecule has 0 aliphatic heterocycles. The highest BCUT2D eigenvalue weighted by Crippen LogP contribution is 2.13. The smallest absolute Gasteiger partial charge is 0.00726 e. The van der Waals surface area contributed by atoms with Gasteiger partial charge in [-0.15, -0.1) is 0 Å². The van der Waals surface area contributed by atoms with Crippen LogP contribution in [-0.2, 0) is 6.42 Å². The van der Waals surface area contributed by atoms with E-state index in [9.17, 15) is 0 Å². The zero-order valence-electron chi connectivity index (χ0n) is 8.43. The van der Waals surface area contributed by atoms with Crippen LogP contribution in [0.15, 0.2) is 43.0 Å². The lowest BCUT2D eigenvalue weighted by Crippen LogP contribution is -1.86. The number of allylic oxidation sites excluding steroid dienone is 2. The fourth-order valence-corrected chi connectivity index (χ4v) is 1.26. The van der Waals surface area contributed by atoms with Crippen molar-refractivity contribution in [2.24, 2.45) is 0 Å². The minimum atomic E-state index is 0.969. The molecule has 0 spiro atoms. The van der Waals surface area contributed by atoms with Crippen molar-refractivity contribution in [3.05, 3.63) is 54.1 Å². The first-order valence-electron chi connectivity index (χ1n) is 4.49. The molecule has 1 rings (SSSR count). The highest BCUT2D eigenvalue weighted by molar-refractivity contribution is 5.61.